The van der Waals surface area contributed by atoms with E-state index in [1.165, 1.54) is 5.56 Å². The van der Waals surface area contributed by atoms with Crippen molar-refractivity contribution in [2.45, 2.75) is 38.7 Å². The first-order valence-electron chi connectivity index (χ1n) is 7.50. The van der Waals surface area contributed by atoms with E-state index < -0.39 is 0 Å². The van der Waals surface area contributed by atoms with Crippen molar-refractivity contribution in [3.63, 3.8) is 0 Å². The van der Waals surface area contributed by atoms with Crippen LogP contribution in [0.2, 0.25) is 0 Å². The van der Waals surface area contributed by atoms with Crippen LogP contribution in [0.4, 0.5) is 0 Å². The lowest BCUT2D eigenvalue weighted by molar-refractivity contribution is -0.126. The fourth-order valence-electron chi connectivity index (χ4n) is 3.68. The van der Waals surface area contributed by atoms with E-state index in [-0.39, 0.29) is 23.5 Å². The fourth-order valence-corrected chi connectivity index (χ4v) is 3.68. The predicted molar refractivity (Wildman–Crippen MR) is 81.5 cm³/mol. The Morgan fingerprint density at radius 1 is 1.30 bits per heavy atom. The number of rotatable bonds is 5. The van der Waals surface area contributed by atoms with Gasteiger partial charge in [-0.25, -0.2) is 0 Å². The molecule has 0 aliphatic carbocycles. The van der Waals surface area contributed by atoms with E-state index in [0.717, 1.165) is 25.9 Å². The third-order valence-electron chi connectivity index (χ3n) is 4.64. The van der Waals surface area contributed by atoms with Crippen LogP contribution < -0.4 is 5.73 Å². The summed E-state index contributed by atoms with van der Waals surface area (Å²) in [4.78, 5) is 0. The summed E-state index contributed by atoms with van der Waals surface area (Å²) < 4.78 is 5.88. The maximum absolute atomic E-state index is 9.77. The van der Waals surface area contributed by atoms with Gasteiger partial charge in [0, 0.05) is 19.1 Å². The van der Waals surface area contributed by atoms with Crippen LogP contribution in [0.1, 0.15) is 32.3 Å². The standard InChI is InChI=1S/C17H27NO2/c1-16(2)13-17(8-9-20-16,15(11-18)12-19)10-14-6-4-3-5-7-14/h3-7,15,19H,8-13,18H2,1-2H3/t15-,17-/m0/s1. The van der Waals surface area contributed by atoms with Gasteiger partial charge in [-0.2, -0.15) is 0 Å². The van der Waals surface area contributed by atoms with Gasteiger partial charge in [-0.3, -0.25) is 0 Å². The molecule has 0 aromatic heterocycles. The van der Waals surface area contributed by atoms with Gasteiger partial charge < -0.3 is 15.6 Å². The van der Waals surface area contributed by atoms with E-state index in [2.05, 4.69) is 38.1 Å². The van der Waals surface area contributed by atoms with E-state index in [4.69, 9.17) is 10.5 Å². The zero-order chi connectivity index (χ0) is 14.6. The second-order valence-electron chi connectivity index (χ2n) is 6.67. The molecular formula is C17H27NO2. The van der Waals surface area contributed by atoms with Crippen molar-refractivity contribution in [2.24, 2.45) is 17.1 Å². The highest BCUT2D eigenvalue weighted by Crippen LogP contribution is 2.46. The average Bonchev–Trinajstić information content (AvgIpc) is 2.40. The number of ether oxygens (including phenoxy) is 1. The van der Waals surface area contributed by atoms with Gasteiger partial charge in [0.25, 0.3) is 0 Å². The van der Waals surface area contributed by atoms with Crippen molar-refractivity contribution < 1.29 is 9.84 Å². The first-order chi connectivity index (χ1) is 9.51. The number of benzene rings is 1. The van der Waals surface area contributed by atoms with Crippen molar-refractivity contribution in [1.82, 2.24) is 0 Å². The molecule has 1 aliphatic heterocycles. The molecule has 0 spiro atoms. The van der Waals surface area contributed by atoms with E-state index in [9.17, 15) is 5.11 Å². The quantitative estimate of drug-likeness (QED) is 0.869. The van der Waals surface area contributed by atoms with Crippen molar-refractivity contribution in [1.29, 1.82) is 0 Å². The van der Waals surface area contributed by atoms with Crippen LogP contribution in [-0.4, -0.2) is 30.5 Å². The molecular weight excluding hydrogens is 250 g/mol. The first kappa shape index (κ1) is 15.5. The molecule has 0 unspecified atom stereocenters. The third kappa shape index (κ3) is 3.40. The van der Waals surface area contributed by atoms with E-state index in [1.54, 1.807) is 0 Å². The van der Waals surface area contributed by atoms with Crippen LogP contribution in [0.15, 0.2) is 30.3 Å². The molecule has 0 radical (unpaired) electrons. The average molecular weight is 277 g/mol. The number of hydrogen-bond donors (Lipinski definition) is 2. The zero-order valence-electron chi connectivity index (χ0n) is 12.6. The Kier molecular flexibility index (Phi) is 4.84. The van der Waals surface area contributed by atoms with Crippen LogP contribution in [-0.2, 0) is 11.2 Å². The number of aliphatic hydroxyl groups is 1. The zero-order valence-corrected chi connectivity index (χ0v) is 12.6. The van der Waals surface area contributed by atoms with Gasteiger partial charge in [-0.05, 0) is 50.6 Å². The molecule has 0 amide bonds. The first-order valence-corrected chi connectivity index (χ1v) is 7.50. The van der Waals surface area contributed by atoms with Crippen LogP contribution >= 0.6 is 0 Å². The summed E-state index contributed by atoms with van der Waals surface area (Å²) in [7, 11) is 0. The summed E-state index contributed by atoms with van der Waals surface area (Å²) in [5, 5.41) is 9.77. The molecule has 1 aromatic rings. The molecule has 3 nitrogen and oxygen atoms in total. The summed E-state index contributed by atoms with van der Waals surface area (Å²) in [5.74, 6) is 0.130. The Morgan fingerprint density at radius 2 is 2.00 bits per heavy atom. The topological polar surface area (TPSA) is 55.5 Å². The van der Waals surface area contributed by atoms with Gasteiger partial charge in [0.05, 0.1) is 5.60 Å². The van der Waals surface area contributed by atoms with Gasteiger partial charge in [-0.15, -0.1) is 0 Å². The molecule has 20 heavy (non-hydrogen) atoms. The normalized spacial score (nSPS) is 27.2. The molecule has 0 saturated carbocycles. The summed E-state index contributed by atoms with van der Waals surface area (Å²) in [6.07, 6.45) is 2.87. The highest BCUT2D eigenvalue weighted by molar-refractivity contribution is 5.18. The van der Waals surface area contributed by atoms with Crippen molar-refractivity contribution in [3.05, 3.63) is 35.9 Å². The maximum Gasteiger partial charge on any atom is 0.0632 e. The van der Waals surface area contributed by atoms with Crippen molar-refractivity contribution in [2.75, 3.05) is 19.8 Å². The maximum atomic E-state index is 9.77. The van der Waals surface area contributed by atoms with E-state index in [1.807, 2.05) is 6.07 Å². The Morgan fingerprint density at radius 3 is 2.55 bits per heavy atom. The molecule has 1 aromatic carbocycles. The molecule has 112 valence electrons. The predicted octanol–water partition coefficient (Wildman–Crippen LogP) is 2.37. The lowest BCUT2D eigenvalue weighted by Crippen LogP contribution is -2.49. The van der Waals surface area contributed by atoms with Crippen molar-refractivity contribution in [3.8, 4) is 0 Å². The number of hydrogen-bond acceptors (Lipinski definition) is 3. The van der Waals surface area contributed by atoms with Gasteiger partial charge in [-0.1, -0.05) is 30.3 Å². The second-order valence-corrected chi connectivity index (χ2v) is 6.67. The van der Waals surface area contributed by atoms with Gasteiger partial charge in [0.1, 0.15) is 0 Å². The smallest absolute Gasteiger partial charge is 0.0632 e. The van der Waals surface area contributed by atoms with Crippen LogP contribution in [0.5, 0.6) is 0 Å². The highest BCUT2D eigenvalue weighted by Gasteiger charge is 2.45. The lowest BCUT2D eigenvalue weighted by atomic mass is 9.63. The molecule has 1 aliphatic rings. The minimum Gasteiger partial charge on any atom is -0.396 e. The van der Waals surface area contributed by atoms with Gasteiger partial charge >= 0.3 is 0 Å². The molecule has 0 bridgehead atoms. The van der Waals surface area contributed by atoms with Gasteiger partial charge in [0.2, 0.25) is 0 Å². The minimum atomic E-state index is -0.143. The Balaban J connectivity index is 2.28. The molecule has 2 atom stereocenters. The summed E-state index contributed by atoms with van der Waals surface area (Å²) in [6.45, 7) is 5.70. The SMILES string of the molecule is CC1(C)C[C@](Cc2ccccc2)([C@@H](CN)CO)CCO1. The largest absolute Gasteiger partial charge is 0.396 e. The lowest BCUT2D eigenvalue weighted by Gasteiger charge is -2.49. The van der Waals surface area contributed by atoms with Crippen LogP contribution in [0.3, 0.4) is 0 Å². The van der Waals surface area contributed by atoms with Crippen LogP contribution in [0, 0.1) is 11.3 Å². The number of aliphatic hydroxyl groups excluding tert-OH is 1. The molecule has 1 fully saturated rings. The van der Waals surface area contributed by atoms with E-state index >= 15 is 0 Å². The van der Waals surface area contributed by atoms with Gasteiger partial charge in [0.15, 0.2) is 0 Å². The molecule has 2 rings (SSSR count). The second kappa shape index (κ2) is 6.25. The minimum absolute atomic E-state index is 0.0343. The molecule has 3 heteroatoms. The third-order valence-corrected chi connectivity index (χ3v) is 4.64. The molecule has 1 saturated heterocycles. The summed E-state index contributed by atoms with van der Waals surface area (Å²) in [6, 6.07) is 10.5. The Hall–Kier alpha value is -0.900. The monoisotopic (exact) mass is 277 g/mol. The number of nitrogens with two attached hydrogens (primary N) is 1. The summed E-state index contributed by atoms with van der Waals surface area (Å²) >= 11 is 0. The van der Waals surface area contributed by atoms with Crippen molar-refractivity contribution >= 4 is 0 Å². The van der Waals surface area contributed by atoms with E-state index in [0.29, 0.717) is 6.54 Å². The van der Waals surface area contributed by atoms with Crippen LogP contribution in [0.25, 0.3) is 0 Å². The summed E-state index contributed by atoms with van der Waals surface area (Å²) in [5.41, 5.74) is 7.15. The Bertz CT molecular complexity index is 414. The Labute approximate surface area is 122 Å². The molecule has 1 heterocycles. The molecule has 3 N–H and O–H groups in total. The highest BCUT2D eigenvalue weighted by atomic mass is 16.5. The fraction of sp³-hybridized carbons (Fsp3) is 0.647.